The highest BCUT2D eigenvalue weighted by molar-refractivity contribution is 5.93. The van der Waals surface area contributed by atoms with Gasteiger partial charge in [-0.05, 0) is 19.4 Å². The summed E-state index contributed by atoms with van der Waals surface area (Å²) in [4.78, 5) is 17.0. The molecule has 1 aromatic heterocycles. The molecule has 5 nitrogen and oxygen atoms in total. The van der Waals surface area contributed by atoms with Crippen LogP contribution in [0, 0.1) is 0 Å². The Labute approximate surface area is 120 Å². The van der Waals surface area contributed by atoms with E-state index < -0.39 is 18.9 Å². The molecule has 1 unspecified atom stereocenters. The molecule has 1 N–H and O–H groups in total. The molecule has 1 rings (SSSR count). The molecule has 0 spiro atoms. The molecule has 8 heteroatoms. The first-order valence-corrected chi connectivity index (χ1v) is 6.28. The Bertz CT molecular complexity index is 461. The van der Waals surface area contributed by atoms with E-state index in [0.717, 1.165) is 6.20 Å². The lowest BCUT2D eigenvalue weighted by Crippen LogP contribution is -2.29. The van der Waals surface area contributed by atoms with Gasteiger partial charge in [-0.2, -0.15) is 13.2 Å². The Morgan fingerprint density at radius 3 is 2.62 bits per heavy atom. The molecule has 1 atom stereocenters. The van der Waals surface area contributed by atoms with Crippen LogP contribution in [0.5, 0.6) is 5.88 Å². The van der Waals surface area contributed by atoms with Crippen molar-refractivity contribution >= 4 is 5.91 Å². The van der Waals surface area contributed by atoms with Gasteiger partial charge >= 0.3 is 6.18 Å². The number of alkyl halides is 3. The zero-order valence-electron chi connectivity index (χ0n) is 11.7. The predicted molar refractivity (Wildman–Crippen MR) is 69.0 cm³/mol. The first-order valence-electron chi connectivity index (χ1n) is 6.28. The molecule has 0 aliphatic heterocycles. The van der Waals surface area contributed by atoms with Crippen molar-refractivity contribution in [3.05, 3.63) is 23.9 Å². The third kappa shape index (κ3) is 6.44. The number of hydrogen-bond donors (Lipinski definition) is 1. The van der Waals surface area contributed by atoms with E-state index >= 15 is 0 Å². The average Bonchev–Trinajstić information content (AvgIpc) is 2.41. The number of carbonyl (C=O) groups is 1. The van der Waals surface area contributed by atoms with E-state index in [9.17, 15) is 18.0 Å². The molecule has 0 saturated carbocycles. The first kappa shape index (κ1) is 17.2. The van der Waals surface area contributed by atoms with Crippen molar-refractivity contribution in [3.63, 3.8) is 0 Å². The standard InChI is InChI=1S/C13H17F3N2O3/c1-9(19)5-6-18(2)12(20)10-3-4-11(17-7-10)21-8-13(14,15)16/h3-4,7,9,19H,5-6,8H2,1-2H3. The van der Waals surface area contributed by atoms with Crippen LogP contribution in [0.1, 0.15) is 23.7 Å². The second-order valence-corrected chi connectivity index (χ2v) is 4.65. The minimum absolute atomic E-state index is 0.199. The number of rotatable bonds is 6. The van der Waals surface area contributed by atoms with Crippen molar-refractivity contribution in [1.82, 2.24) is 9.88 Å². The topological polar surface area (TPSA) is 62.7 Å². The maximum Gasteiger partial charge on any atom is 0.422 e. The molecule has 1 aromatic rings. The van der Waals surface area contributed by atoms with Gasteiger partial charge in [0.1, 0.15) is 0 Å². The number of nitrogens with zero attached hydrogens (tertiary/aromatic N) is 2. The van der Waals surface area contributed by atoms with Crippen LogP contribution in [0.15, 0.2) is 18.3 Å². The van der Waals surface area contributed by atoms with Crippen LogP contribution in [0.3, 0.4) is 0 Å². The summed E-state index contributed by atoms with van der Waals surface area (Å²) in [6.07, 6.45) is -3.36. The third-order valence-electron chi connectivity index (χ3n) is 2.60. The summed E-state index contributed by atoms with van der Waals surface area (Å²) in [7, 11) is 1.57. The Kier molecular flexibility index (Phi) is 5.95. The molecule has 0 radical (unpaired) electrons. The van der Waals surface area contributed by atoms with Crippen LogP contribution in [-0.4, -0.2) is 53.4 Å². The average molecular weight is 306 g/mol. The zero-order chi connectivity index (χ0) is 16.0. The number of aliphatic hydroxyl groups is 1. The molecule has 0 bridgehead atoms. The van der Waals surface area contributed by atoms with E-state index in [2.05, 4.69) is 9.72 Å². The Morgan fingerprint density at radius 2 is 2.14 bits per heavy atom. The molecular formula is C13H17F3N2O3. The predicted octanol–water partition coefficient (Wildman–Crippen LogP) is 1.87. The number of carbonyl (C=O) groups excluding carboxylic acids is 1. The highest BCUT2D eigenvalue weighted by Gasteiger charge is 2.28. The summed E-state index contributed by atoms with van der Waals surface area (Å²) in [5.41, 5.74) is 0.238. The first-order chi connectivity index (χ1) is 9.69. The molecule has 0 saturated heterocycles. The van der Waals surface area contributed by atoms with Crippen LogP contribution >= 0.6 is 0 Å². The van der Waals surface area contributed by atoms with Gasteiger partial charge in [-0.3, -0.25) is 4.79 Å². The van der Waals surface area contributed by atoms with Crippen LogP contribution in [-0.2, 0) is 0 Å². The molecule has 1 amide bonds. The lowest BCUT2D eigenvalue weighted by molar-refractivity contribution is -0.154. The second kappa shape index (κ2) is 7.26. The van der Waals surface area contributed by atoms with Gasteiger partial charge in [0, 0.05) is 25.9 Å². The molecular weight excluding hydrogens is 289 g/mol. The summed E-state index contributed by atoms with van der Waals surface area (Å²) in [6.45, 7) is 0.553. The van der Waals surface area contributed by atoms with Gasteiger partial charge in [-0.25, -0.2) is 4.98 Å². The molecule has 0 aliphatic rings. The quantitative estimate of drug-likeness (QED) is 0.871. The van der Waals surface area contributed by atoms with Crippen molar-refractivity contribution in [1.29, 1.82) is 0 Å². The zero-order valence-corrected chi connectivity index (χ0v) is 11.7. The van der Waals surface area contributed by atoms with Gasteiger partial charge < -0.3 is 14.7 Å². The number of pyridine rings is 1. The monoisotopic (exact) mass is 306 g/mol. The molecule has 0 aromatic carbocycles. The van der Waals surface area contributed by atoms with Gasteiger partial charge in [0.2, 0.25) is 5.88 Å². The number of hydrogen-bond acceptors (Lipinski definition) is 4. The number of aromatic nitrogens is 1. The fourth-order valence-electron chi connectivity index (χ4n) is 1.45. The van der Waals surface area contributed by atoms with Crippen LogP contribution in [0.25, 0.3) is 0 Å². The Balaban J connectivity index is 2.58. The van der Waals surface area contributed by atoms with Crippen molar-refractivity contribution in [3.8, 4) is 5.88 Å². The summed E-state index contributed by atoms with van der Waals surface area (Å²) in [6, 6.07) is 2.56. The molecule has 118 valence electrons. The largest absolute Gasteiger partial charge is 0.468 e. The van der Waals surface area contributed by atoms with E-state index in [-0.39, 0.29) is 17.4 Å². The maximum absolute atomic E-state index is 12.0. The summed E-state index contributed by atoms with van der Waals surface area (Å²) < 4.78 is 40.4. The summed E-state index contributed by atoms with van der Waals surface area (Å²) in [5, 5.41) is 9.16. The maximum atomic E-state index is 12.0. The lowest BCUT2D eigenvalue weighted by Gasteiger charge is -2.18. The van der Waals surface area contributed by atoms with E-state index in [1.165, 1.54) is 17.0 Å². The smallest absolute Gasteiger partial charge is 0.422 e. The highest BCUT2D eigenvalue weighted by Crippen LogP contribution is 2.17. The number of halogens is 3. The van der Waals surface area contributed by atoms with E-state index in [1.807, 2.05) is 0 Å². The van der Waals surface area contributed by atoms with Gasteiger partial charge in [0.15, 0.2) is 6.61 Å². The van der Waals surface area contributed by atoms with Crippen molar-refractivity contribution in [2.45, 2.75) is 25.6 Å². The van der Waals surface area contributed by atoms with Crippen molar-refractivity contribution < 1.29 is 27.8 Å². The van der Waals surface area contributed by atoms with Crippen molar-refractivity contribution in [2.75, 3.05) is 20.2 Å². The third-order valence-corrected chi connectivity index (χ3v) is 2.60. The van der Waals surface area contributed by atoms with Gasteiger partial charge in [0.05, 0.1) is 11.7 Å². The van der Waals surface area contributed by atoms with Crippen LogP contribution < -0.4 is 4.74 Å². The fourth-order valence-corrected chi connectivity index (χ4v) is 1.45. The highest BCUT2D eigenvalue weighted by atomic mass is 19.4. The molecule has 1 heterocycles. The molecule has 21 heavy (non-hydrogen) atoms. The minimum Gasteiger partial charge on any atom is -0.468 e. The summed E-state index contributed by atoms with van der Waals surface area (Å²) >= 11 is 0. The van der Waals surface area contributed by atoms with Gasteiger partial charge in [-0.1, -0.05) is 0 Å². The SMILES string of the molecule is CC(O)CCN(C)C(=O)c1ccc(OCC(F)(F)F)nc1. The number of amides is 1. The normalized spacial score (nSPS) is 12.9. The minimum atomic E-state index is -4.43. The molecule has 0 aliphatic carbocycles. The van der Waals surface area contributed by atoms with E-state index in [0.29, 0.717) is 13.0 Å². The Hall–Kier alpha value is -1.83. The van der Waals surface area contributed by atoms with E-state index in [1.54, 1.807) is 14.0 Å². The number of ether oxygens (including phenoxy) is 1. The molecule has 0 fully saturated rings. The van der Waals surface area contributed by atoms with Crippen LogP contribution in [0.2, 0.25) is 0 Å². The van der Waals surface area contributed by atoms with Crippen LogP contribution in [0.4, 0.5) is 13.2 Å². The fraction of sp³-hybridized carbons (Fsp3) is 0.538. The van der Waals surface area contributed by atoms with E-state index in [4.69, 9.17) is 5.11 Å². The summed E-state index contributed by atoms with van der Waals surface area (Å²) in [5.74, 6) is -0.527. The number of aliphatic hydroxyl groups excluding tert-OH is 1. The van der Waals surface area contributed by atoms with Gasteiger partial charge in [-0.15, -0.1) is 0 Å². The van der Waals surface area contributed by atoms with Gasteiger partial charge in [0.25, 0.3) is 5.91 Å². The van der Waals surface area contributed by atoms with Crippen molar-refractivity contribution in [2.24, 2.45) is 0 Å². The lowest BCUT2D eigenvalue weighted by atomic mass is 10.2. The Morgan fingerprint density at radius 1 is 1.48 bits per heavy atom. The second-order valence-electron chi connectivity index (χ2n) is 4.65.